The van der Waals surface area contributed by atoms with Crippen LogP contribution in [0.25, 0.3) is 0 Å². The van der Waals surface area contributed by atoms with E-state index in [1.54, 1.807) is 39.8 Å². The number of amides is 2. The maximum atomic E-state index is 12.9. The van der Waals surface area contributed by atoms with Crippen molar-refractivity contribution in [2.24, 2.45) is 0 Å². The highest BCUT2D eigenvalue weighted by Crippen LogP contribution is 2.30. The number of nitrogens with zero attached hydrogens (tertiary/aromatic N) is 1. The number of halogens is 3. The molecule has 0 aliphatic heterocycles. The molecule has 0 radical (unpaired) electrons. The van der Waals surface area contributed by atoms with Crippen LogP contribution in [0.1, 0.15) is 56.5 Å². The highest BCUT2D eigenvalue weighted by atomic mass is 32.2. The van der Waals surface area contributed by atoms with Gasteiger partial charge in [0.2, 0.25) is 10.0 Å². The molecule has 0 heterocycles. The third-order valence-corrected chi connectivity index (χ3v) is 7.20. The van der Waals surface area contributed by atoms with Gasteiger partial charge in [-0.3, -0.25) is 0 Å². The second-order valence-electron chi connectivity index (χ2n) is 7.34. The molecule has 10 heteroatoms. The van der Waals surface area contributed by atoms with Crippen LogP contribution in [0.5, 0.6) is 0 Å². The Hall–Kier alpha value is -2.59. The maximum absolute atomic E-state index is 12.9. The average Bonchev–Trinajstić information content (AvgIpc) is 2.73. The lowest BCUT2D eigenvalue weighted by molar-refractivity contribution is -0.137. The van der Waals surface area contributed by atoms with Gasteiger partial charge in [0.15, 0.2) is 0 Å². The molecule has 2 unspecified atom stereocenters. The third-order valence-electron chi connectivity index (χ3n) is 5.13. The van der Waals surface area contributed by atoms with Crippen LogP contribution < -0.4 is 10.6 Å². The molecule has 0 saturated heterocycles. The molecule has 2 aromatic carbocycles. The summed E-state index contributed by atoms with van der Waals surface area (Å²) in [5.74, 6) is 0. The maximum Gasteiger partial charge on any atom is 0.416 e. The van der Waals surface area contributed by atoms with Gasteiger partial charge in [-0.15, -0.1) is 0 Å². The lowest BCUT2D eigenvalue weighted by Gasteiger charge is -2.21. The molecule has 0 bridgehead atoms. The SMILES string of the molecule is CCN(CC)S(=O)(=O)c1ccc(C(C)NC(=O)NC(C)c2cccc(C(F)(F)F)c2)cc1. The number of alkyl halides is 3. The fourth-order valence-electron chi connectivity index (χ4n) is 3.23. The number of urea groups is 1. The van der Waals surface area contributed by atoms with Crippen molar-refractivity contribution in [1.29, 1.82) is 0 Å². The van der Waals surface area contributed by atoms with Gasteiger partial charge < -0.3 is 10.6 Å². The molecular weight excluding hydrogens is 443 g/mol. The van der Waals surface area contributed by atoms with Gasteiger partial charge in [-0.25, -0.2) is 13.2 Å². The topological polar surface area (TPSA) is 78.5 Å². The Labute approximate surface area is 186 Å². The predicted octanol–water partition coefficient (Wildman–Crippen LogP) is 4.86. The minimum atomic E-state index is -4.46. The molecule has 2 N–H and O–H groups in total. The normalized spacial score (nSPS) is 14.1. The molecule has 32 heavy (non-hydrogen) atoms. The zero-order chi connectivity index (χ0) is 24.1. The van der Waals surface area contributed by atoms with E-state index in [0.29, 0.717) is 24.2 Å². The first-order valence-electron chi connectivity index (χ1n) is 10.2. The summed E-state index contributed by atoms with van der Waals surface area (Å²) in [5, 5.41) is 5.33. The van der Waals surface area contributed by atoms with E-state index in [0.717, 1.165) is 12.1 Å². The van der Waals surface area contributed by atoms with E-state index < -0.39 is 39.9 Å². The first kappa shape index (κ1) is 25.7. The van der Waals surface area contributed by atoms with Crippen molar-refractivity contribution in [2.45, 2.75) is 50.9 Å². The van der Waals surface area contributed by atoms with Crippen LogP contribution in [0, 0.1) is 0 Å². The van der Waals surface area contributed by atoms with Crippen molar-refractivity contribution in [3.63, 3.8) is 0 Å². The van der Waals surface area contributed by atoms with Crippen molar-refractivity contribution in [1.82, 2.24) is 14.9 Å². The van der Waals surface area contributed by atoms with E-state index in [2.05, 4.69) is 10.6 Å². The van der Waals surface area contributed by atoms with Gasteiger partial charge in [-0.1, -0.05) is 38.1 Å². The smallest absolute Gasteiger partial charge is 0.332 e. The highest BCUT2D eigenvalue weighted by molar-refractivity contribution is 7.89. The van der Waals surface area contributed by atoms with Crippen LogP contribution in [0.15, 0.2) is 53.4 Å². The summed E-state index contributed by atoms with van der Waals surface area (Å²) < 4.78 is 65.2. The number of hydrogen-bond acceptors (Lipinski definition) is 3. The molecule has 0 fully saturated rings. The third kappa shape index (κ3) is 6.23. The van der Waals surface area contributed by atoms with Crippen molar-refractivity contribution in [3.8, 4) is 0 Å². The average molecular weight is 472 g/mol. The van der Waals surface area contributed by atoms with Crippen LogP contribution in [-0.2, 0) is 16.2 Å². The fourth-order valence-corrected chi connectivity index (χ4v) is 4.69. The van der Waals surface area contributed by atoms with E-state index in [1.807, 2.05) is 0 Å². The summed E-state index contributed by atoms with van der Waals surface area (Å²) in [6, 6.07) is 9.36. The van der Waals surface area contributed by atoms with E-state index in [1.165, 1.54) is 28.6 Å². The van der Waals surface area contributed by atoms with Crippen LogP contribution in [-0.4, -0.2) is 31.8 Å². The van der Waals surface area contributed by atoms with Gasteiger partial charge in [-0.2, -0.15) is 17.5 Å². The predicted molar refractivity (Wildman–Crippen MR) is 116 cm³/mol. The lowest BCUT2D eigenvalue weighted by atomic mass is 10.0. The van der Waals surface area contributed by atoms with E-state index in [9.17, 15) is 26.4 Å². The van der Waals surface area contributed by atoms with Gasteiger partial charge in [0.05, 0.1) is 22.5 Å². The first-order valence-corrected chi connectivity index (χ1v) is 11.7. The van der Waals surface area contributed by atoms with Crippen LogP contribution in [0.3, 0.4) is 0 Å². The van der Waals surface area contributed by atoms with Gasteiger partial charge in [-0.05, 0) is 49.2 Å². The molecule has 6 nitrogen and oxygen atoms in total. The number of carbonyl (C=O) groups is 1. The van der Waals surface area contributed by atoms with Crippen LogP contribution >= 0.6 is 0 Å². The molecule has 0 aliphatic rings. The lowest BCUT2D eigenvalue weighted by Crippen LogP contribution is -2.38. The summed E-state index contributed by atoms with van der Waals surface area (Å²) in [6.07, 6.45) is -4.46. The second kappa shape index (κ2) is 10.4. The quantitative estimate of drug-likeness (QED) is 0.577. The molecule has 0 aromatic heterocycles. The summed E-state index contributed by atoms with van der Waals surface area (Å²) in [5.41, 5.74) is 0.233. The van der Waals surface area contributed by atoms with Gasteiger partial charge >= 0.3 is 12.2 Å². The molecule has 0 saturated carbocycles. The Morgan fingerprint density at radius 1 is 0.938 bits per heavy atom. The molecular formula is C22H28F3N3O3S. The molecule has 2 amide bonds. The Morgan fingerprint density at radius 2 is 1.47 bits per heavy atom. The number of rotatable bonds is 8. The van der Waals surface area contributed by atoms with Crippen LogP contribution in [0.4, 0.5) is 18.0 Å². The molecule has 0 aliphatic carbocycles. The zero-order valence-electron chi connectivity index (χ0n) is 18.4. The fraction of sp³-hybridized carbons (Fsp3) is 0.409. The van der Waals surface area contributed by atoms with Crippen molar-refractivity contribution < 1.29 is 26.4 Å². The van der Waals surface area contributed by atoms with Gasteiger partial charge in [0.25, 0.3) is 0 Å². The standard InChI is InChI=1S/C22H28F3N3O3S/c1-5-28(6-2)32(30,31)20-12-10-17(11-13-20)15(3)26-21(29)27-16(4)18-8-7-9-19(14-18)22(23,24)25/h7-16H,5-6H2,1-4H3,(H2,26,27,29). The summed E-state index contributed by atoms with van der Waals surface area (Å²) in [6.45, 7) is 7.57. The van der Waals surface area contributed by atoms with Crippen LogP contribution in [0.2, 0.25) is 0 Å². The Bertz CT molecular complexity index is 1020. The van der Waals surface area contributed by atoms with Crippen molar-refractivity contribution >= 4 is 16.1 Å². The minimum absolute atomic E-state index is 0.166. The zero-order valence-corrected chi connectivity index (χ0v) is 19.2. The Morgan fingerprint density at radius 3 is 1.97 bits per heavy atom. The van der Waals surface area contributed by atoms with E-state index >= 15 is 0 Å². The molecule has 2 atom stereocenters. The van der Waals surface area contributed by atoms with Gasteiger partial charge in [0.1, 0.15) is 0 Å². The number of hydrogen-bond donors (Lipinski definition) is 2. The van der Waals surface area contributed by atoms with E-state index in [4.69, 9.17) is 0 Å². The summed E-state index contributed by atoms with van der Waals surface area (Å²) in [7, 11) is -3.57. The monoisotopic (exact) mass is 471 g/mol. The first-order chi connectivity index (χ1) is 14.9. The number of sulfonamides is 1. The molecule has 0 spiro atoms. The number of carbonyl (C=O) groups excluding carboxylic acids is 1. The Kier molecular flexibility index (Phi) is 8.30. The second-order valence-corrected chi connectivity index (χ2v) is 9.28. The number of benzene rings is 2. The Balaban J connectivity index is 2.03. The largest absolute Gasteiger partial charge is 0.416 e. The molecule has 2 rings (SSSR count). The minimum Gasteiger partial charge on any atom is -0.332 e. The molecule has 2 aromatic rings. The highest BCUT2D eigenvalue weighted by Gasteiger charge is 2.30. The summed E-state index contributed by atoms with van der Waals surface area (Å²) >= 11 is 0. The summed E-state index contributed by atoms with van der Waals surface area (Å²) in [4.78, 5) is 12.5. The van der Waals surface area contributed by atoms with Gasteiger partial charge in [0, 0.05) is 13.1 Å². The number of nitrogens with one attached hydrogen (secondary N) is 2. The van der Waals surface area contributed by atoms with Crippen molar-refractivity contribution in [2.75, 3.05) is 13.1 Å². The molecule has 176 valence electrons. The van der Waals surface area contributed by atoms with Crippen molar-refractivity contribution in [3.05, 3.63) is 65.2 Å². The van der Waals surface area contributed by atoms with E-state index in [-0.39, 0.29) is 4.90 Å².